The number of likely N-dealkylation sites (tertiary alicyclic amines) is 1. The summed E-state index contributed by atoms with van der Waals surface area (Å²) < 4.78 is 8.24. The van der Waals surface area contributed by atoms with Gasteiger partial charge in [-0.3, -0.25) is 9.69 Å². The Labute approximate surface area is 225 Å². The fourth-order valence-corrected chi connectivity index (χ4v) is 5.07. The fourth-order valence-electron chi connectivity index (χ4n) is 5.07. The van der Waals surface area contributed by atoms with Crippen molar-refractivity contribution in [1.29, 1.82) is 0 Å². The standard InChI is InChI=1S/C32H36N4O2/c1-2-28(25-15-7-3-8-16-25)33-31(37)29-30(26-17-9-4-10-18-26)34-36(27-19-11-5-12-20-27)32(29)38-24-23-35-21-13-6-14-22-35/h3-5,7-12,15-20,28H,2,6,13-14,21-24H2,1H3,(H,33,37)/t28-/m0/s1. The van der Waals surface area contributed by atoms with E-state index in [-0.39, 0.29) is 11.9 Å². The summed E-state index contributed by atoms with van der Waals surface area (Å²) in [5, 5.41) is 8.23. The van der Waals surface area contributed by atoms with E-state index in [0.29, 0.717) is 23.7 Å². The number of carbonyl (C=O) groups excluding carboxylic acids is 1. The molecule has 5 rings (SSSR count). The van der Waals surface area contributed by atoms with Crippen LogP contribution in [-0.4, -0.2) is 46.8 Å². The van der Waals surface area contributed by atoms with Gasteiger partial charge in [-0.05, 0) is 50.0 Å². The average Bonchev–Trinajstić information content (AvgIpc) is 3.37. The minimum atomic E-state index is -0.185. The van der Waals surface area contributed by atoms with Gasteiger partial charge in [0, 0.05) is 12.1 Å². The maximum atomic E-state index is 14.1. The molecule has 0 unspecified atom stereocenters. The van der Waals surface area contributed by atoms with Gasteiger partial charge in [0.25, 0.3) is 5.91 Å². The third kappa shape index (κ3) is 5.97. The van der Waals surface area contributed by atoms with Crippen molar-refractivity contribution in [3.63, 3.8) is 0 Å². The van der Waals surface area contributed by atoms with Gasteiger partial charge in [0.15, 0.2) is 0 Å². The van der Waals surface area contributed by atoms with E-state index >= 15 is 0 Å². The number of nitrogens with one attached hydrogen (secondary N) is 1. The van der Waals surface area contributed by atoms with E-state index in [1.807, 2.05) is 78.9 Å². The number of carbonyl (C=O) groups is 1. The molecule has 1 atom stereocenters. The first-order valence-electron chi connectivity index (χ1n) is 13.7. The molecular weight excluding hydrogens is 472 g/mol. The molecular formula is C32H36N4O2. The molecule has 3 aromatic carbocycles. The van der Waals surface area contributed by atoms with Gasteiger partial charge in [0.05, 0.1) is 11.7 Å². The van der Waals surface area contributed by atoms with Gasteiger partial charge in [0.1, 0.15) is 17.9 Å². The van der Waals surface area contributed by atoms with Crippen molar-refractivity contribution in [3.05, 3.63) is 102 Å². The molecule has 0 radical (unpaired) electrons. The first kappa shape index (κ1) is 25.7. The van der Waals surface area contributed by atoms with Crippen LogP contribution in [0.15, 0.2) is 91.0 Å². The topological polar surface area (TPSA) is 59.4 Å². The molecule has 0 spiro atoms. The highest BCUT2D eigenvalue weighted by Crippen LogP contribution is 2.34. The van der Waals surface area contributed by atoms with Crippen LogP contribution < -0.4 is 10.1 Å². The van der Waals surface area contributed by atoms with Crippen LogP contribution in [0.1, 0.15) is 54.6 Å². The third-order valence-electron chi connectivity index (χ3n) is 7.13. The molecule has 1 aromatic heterocycles. The highest BCUT2D eigenvalue weighted by Gasteiger charge is 2.29. The molecule has 0 bridgehead atoms. The normalized spacial score (nSPS) is 14.7. The molecule has 1 N–H and O–H groups in total. The van der Waals surface area contributed by atoms with Crippen molar-refractivity contribution in [3.8, 4) is 22.8 Å². The molecule has 0 aliphatic carbocycles. The Kier molecular flexibility index (Phi) is 8.51. The Bertz CT molecular complexity index is 1300. The van der Waals surface area contributed by atoms with Gasteiger partial charge in [-0.15, -0.1) is 0 Å². The van der Waals surface area contributed by atoms with E-state index in [1.165, 1.54) is 19.3 Å². The van der Waals surface area contributed by atoms with Gasteiger partial charge >= 0.3 is 0 Å². The fraction of sp³-hybridized carbons (Fsp3) is 0.312. The molecule has 196 valence electrons. The van der Waals surface area contributed by atoms with Crippen LogP contribution in [0, 0.1) is 0 Å². The van der Waals surface area contributed by atoms with Crippen molar-refractivity contribution in [2.45, 2.75) is 38.6 Å². The zero-order valence-electron chi connectivity index (χ0n) is 22.1. The Balaban J connectivity index is 1.54. The summed E-state index contributed by atoms with van der Waals surface area (Å²) in [5.41, 5.74) is 3.89. The summed E-state index contributed by atoms with van der Waals surface area (Å²) in [5.74, 6) is 0.294. The second-order valence-electron chi connectivity index (χ2n) is 9.74. The molecule has 1 amide bonds. The quantitative estimate of drug-likeness (QED) is 0.274. The van der Waals surface area contributed by atoms with Gasteiger partial charge in [-0.1, -0.05) is 92.2 Å². The second kappa shape index (κ2) is 12.6. The summed E-state index contributed by atoms with van der Waals surface area (Å²) in [4.78, 5) is 16.5. The van der Waals surface area contributed by atoms with Crippen molar-refractivity contribution in [2.75, 3.05) is 26.2 Å². The van der Waals surface area contributed by atoms with E-state index in [4.69, 9.17) is 9.84 Å². The zero-order valence-corrected chi connectivity index (χ0v) is 22.1. The molecule has 2 heterocycles. The predicted molar refractivity (Wildman–Crippen MR) is 152 cm³/mol. The van der Waals surface area contributed by atoms with Gasteiger partial charge in [-0.2, -0.15) is 9.78 Å². The maximum absolute atomic E-state index is 14.1. The summed E-state index contributed by atoms with van der Waals surface area (Å²) in [6.07, 6.45) is 4.52. The third-order valence-corrected chi connectivity index (χ3v) is 7.13. The SMILES string of the molecule is CC[C@H](NC(=O)c1c(-c2ccccc2)nn(-c2ccccc2)c1OCCN1CCCCC1)c1ccccc1. The lowest BCUT2D eigenvalue weighted by atomic mass is 10.0. The van der Waals surface area contributed by atoms with Crippen LogP contribution in [0.2, 0.25) is 0 Å². The number of hydrogen-bond donors (Lipinski definition) is 1. The Morgan fingerprint density at radius 1 is 0.895 bits per heavy atom. The first-order valence-corrected chi connectivity index (χ1v) is 13.7. The highest BCUT2D eigenvalue weighted by atomic mass is 16.5. The van der Waals surface area contributed by atoms with Crippen molar-refractivity contribution >= 4 is 5.91 Å². The number of nitrogens with zero attached hydrogens (tertiary/aromatic N) is 3. The number of para-hydroxylation sites is 1. The van der Waals surface area contributed by atoms with Crippen LogP contribution in [0.4, 0.5) is 0 Å². The largest absolute Gasteiger partial charge is 0.476 e. The van der Waals surface area contributed by atoms with Crippen molar-refractivity contribution < 1.29 is 9.53 Å². The molecule has 6 nitrogen and oxygen atoms in total. The van der Waals surface area contributed by atoms with Gasteiger partial charge in [0.2, 0.25) is 5.88 Å². The van der Waals surface area contributed by atoms with E-state index in [1.54, 1.807) is 4.68 Å². The number of rotatable bonds is 10. The molecule has 0 saturated carbocycles. The number of aromatic nitrogens is 2. The molecule has 1 aliphatic heterocycles. The van der Waals surface area contributed by atoms with Crippen LogP contribution in [0.3, 0.4) is 0 Å². The summed E-state index contributed by atoms with van der Waals surface area (Å²) in [7, 11) is 0. The van der Waals surface area contributed by atoms with E-state index < -0.39 is 0 Å². The van der Waals surface area contributed by atoms with E-state index in [2.05, 4.69) is 29.3 Å². The monoisotopic (exact) mass is 508 g/mol. The van der Waals surface area contributed by atoms with Crippen LogP contribution in [-0.2, 0) is 0 Å². The van der Waals surface area contributed by atoms with Gasteiger partial charge in [-0.25, -0.2) is 0 Å². The molecule has 6 heteroatoms. The Morgan fingerprint density at radius 3 is 2.18 bits per heavy atom. The Hall–Kier alpha value is -3.90. The van der Waals surface area contributed by atoms with Crippen molar-refractivity contribution in [2.24, 2.45) is 0 Å². The maximum Gasteiger partial charge on any atom is 0.259 e. The zero-order chi connectivity index (χ0) is 26.2. The van der Waals surface area contributed by atoms with Crippen LogP contribution in [0.25, 0.3) is 16.9 Å². The number of hydrogen-bond acceptors (Lipinski definition) is 4. The summed E-state index contributed by atoms with van der Waals surface area (Å²) in [6, 6.07) is 29.7. The minimum Gasteiger partial charge on any atom is -0.476 e. The number of amides is 1. The van der Waals surface area contributed by atoms with E-state index in [9.17, 15) is 4.79 Å². The molecule has 38 heavy (non-hydrogen) atoms. The first-order chi connectivity index (χ1) is 18.7. The lowest BCUT2D eigenvalue weighted by Crippen LogP contribution is -2.33. The minimum absolute atomic E-state index is 0.117. The second-order valence-corrected chi connectivity index (χ2v) is 9.74. The number of piperidine rings is 1. The summed E-state index contributed by atoms with van der Waals surface area (Å²) in [6.45, 7) is 5.59. The molecule has 4 aromatic rings. The van der Waals surface area contributed by atoms with Crippen molar-refractivity contribution in [1.82, 2.24) is 20.0 Å². The van der Waals surface area contributed by atoms with Crippen LogP contribution in [0.5, 0.6) is 5.88 Å². The highest BCUT2D eigenvalue weighted by molar-refractivity contribution is 6.02. The number of benzene rings is 3. The molecule has 1 aliphatic rings. The smallest absolute Gasteiger partial charge is 0.259 e. The lowest BCUT2D eigenvalue weighted by Gasteiger charge is -2.26. The van der Waals surface area contributed by atoms with E-state index in [0.717, 1.165) is 42.9 Å². The van der Waals surface area contributed by atoms with Crippen LogP contribution >= 0.6 is 0 Å². The molecule has 1 saturated heterocycles. The predicted octanol–water partition coefficient (Wildman–Crippen LogP) is 6.29. The lowest BCUT2D eigenvalue weighted by molar-refractivity contribution is 0.0930. The number of ether oxygens (including phenoxy) is 1. The van der Waals surface area contributed by atoms with Gasteiger partial charge < -0.3 is 10.1 Å². The Morgan fingerprint density at radius 2 is 1.53 bits per heavy atom. The average molecular weight is 509 g/mol. The summed E-state index contributed by atoms with van der Waals surface area (Å²) >= 11 is 0. The molecule has 1 fully saturated rings.